The van der Waals surface area contributed by atoms with E-state index in [1.165, 1.54) is 62.1 Å². The Bertz CT molecular complexity index is 895. The maximum atomic E-state index is 4.97. The molecule has 0 fully saturated rings. The minimum absolute atomic E-state index is 1.14. The van der Waals surface area contributed by atoms with Crippen LogP contribution in [0, 0.1) is 0 Å². The van der Waals surface area contributed by atoms with Crippen molar-refractivity contribution in [2.45, 2.75) is 72.6 Å². The predicted octanol–water partition coefficient (Wildman–Crippen LogP) is 8.06. The van der Waals surface area contributed by atoms with Crippen molar-refractivity contribution in [3.63, 3.8) is 0 Å². The summed E-state index contributed by atoms with van der Waals surface area (Å²) in [6, 6.07) is 16.0. The van der Waals surface area contributed by atoms with Crippen molar-refractivity contribution in [3.8, 4) is 10.6 Å². The minimum atomic E-state index is -2.38. The molecule has 2 nitrogen and oxygen atoms in total. The van der Waals surface area contributed by atoms with Crippen LogP contribution in [0.2, 0.25) is 13.3 Å². The van der Waals surface area contributed by atoms with Crippen LogP contribution in [0.4, 0.5) is 5.69 Å². The second-order valence-electron chi connectivity index (χ2n) is 8.62. The van der Waals surface area contributed by atoms with Gasteiger partial charge in [-0.25, -0.2) is 0 Å². The molecule has 30 heavy (non-hydrogen) atoms. The van der Waals surface area contributed by atoms with Gasteiger partial charge in [0, 0.05) is 0 Å². The average Bonchev–Trinajstić information content (AvgIpc) is 3.22. The van der Waals surface area contributed by atoms with Crippen molar-refractivity contribution in [3.05, 3.63) is 42.5 Å². The Balaban J connectivity index is 1.98. The zero-order valence-electron chi connectivity index (χ0n) is 19.3. The van der Waals surface area contributed by atoms with Crippen molar-refractivity contribution in [1.82, 2.24) is 4.98 Å². The number of aromatic nitrogens is 1. The molecule has 162 valence electrons. The number of anilines is 1. The van der Waals surface area contributed by atoms with Crippen molar-refractivity contribution in [2.24, 2.45) is 0 Å². The number of unbranched alkanes of at least 4 members (excludes halogenated alkanes) is 3. The summed E-state index contributed by atoms with van der Waals surface area (Å²) in [4.78, 5) is 4.97. The molecule has 1 aromatic heterocycles. The molecular formula is C26H38N2SSn. The summed E-state index contributed by atoms with van der Waals surface area (Å²) < 4.78 is 7.70. The van der Waals surface area contributed by atoms with Crippen LogP contribution in [0.1, 0.15) is 59.3 Å². The SMILES string of the molecule is CCC[CH2][Sn]([CH2]CCC)([CH2]CCC)[c]1ccc2nc(-c3ccc(NC)cc3)sc2c1. The van der Waals surface area contributed by atoms with E-state index in [1.54, 1.807) is 3.58 Å². The molecule has 0 spiro atoms. The molecule has 3 aromatic rings. The fourth-order valence-corrected chi connectivity index (χ4v) is 21.8. The molecule has 0 atom stereocenters. The summed E-state index contributed by atoms with van der Waals surface area (Å²) in [6.07, 6.45) is 8.21. The molecule has 0 radical (unpaired) electrons. The number of nitrogens with one attached hydrogen (secondary N) is 1. The van der Waals surface area contributed by atoms with Crippen molar-refractivity contribution < 1.29 is 0 Å². The number of fused-ring (bicyclic) bond motifs is 1. The molecule has 0 bridgehead atoms. The Morgan fingerprint density at radius 1 is 0.833 bits per heavy atom. The Kier molecular flexibility index (Phi) is 9.06. The predicted molar refractivity (Wildman–Crippen MR) is 139 cm³/mol. The van der Waals surface area contributed by atoms with Crippen LogP contribution in [-0.2, 0) is 0 Å². The molecule has 0 aliphatic heterocycles. The first-order valence-corrected chi connectivity index (χ1v) is 20.1. The molecule has 1 heterocycles. The molecule has 0 saturated heterocycles. The summed E-state index contributed by atoms with van der Waals surface area (Å²) in [5.41, 5.74) is 3.52. The van der Waals surface area contributed by atoms with Crippen LogP contribution in [0.25, 0.3) is 20.8 Å². The first-order valence-electron chi connectivity index (χ1n) is 11.8. The van der Waals surface area contributed by atoms with Crippen LogP contribution in [0.5, 0.6) is 0 Å². The van der Waals surface area contributed by atoms with Crippen LogP contribution < -0.4 is 8.90 Å². The van der Waals surface area contributed by atoms with E-state index in [9.17, 15) is 0 Å². The quantitative estimate of drug-likeness (QED) is 0.240. The van der Waals surface area contributed by atoms with E-state index >= 15 is 0 Å². The topological polar surface area (TPSA) is 24.9 Å². The number of hydrogen-bond donors (Lipinski definition) is 1. The van der Waals surface area contributed by atoms with Crippen molar-refractivity contribution >= 4 is 49.2 Å². The number of benzene rings is 2. The maximum absolute atomic E-state index is 4.97. The Morgan fingerprint density at radius 3 is 1.97 bits per heavy atom. The van der Waals surface area contributed by atoms with E-state index in [4.69, 9.17) is 4.98 Å². The Morgan fingerprint density at radius 2 is 1.43 bits per heavy atom. The molecule has 3 rings (SSSR count). The van der Waals surface area contributed by atoms with Gasteiger partial charge < -0.3 is 0 Å². The zero-order chi connectivity index (χ0) is 21.4. The Hall–Kier alpha value is -1.07. The molecule has 2 aromatic carbocycles. The average molecular weight is 529 g/mol. The number of nitrogens with zero attached hydrogens (tertiary/aromatic N) is 1. The van der Waals surface area contributed by atoms with Gasteiger partial charge in [0.1, 0.15) is 0 Å². The first kappa shape index (κ1) is 23.6. The summed E-state index contributed by atoms with van der Waals surface area (Å²) >= 11 is -0.513. The van der Waals surface area contributed by atoms with E-state index < -0.39 is 18.4 Å². The van der Waals surface area contributed by atoms with Crippen LogP contribution in [-0.4, -0.2) is 30.4 Å². The first-order chi connectivity index (χ1) is 14.7. The summed E-state index contributed by atoms with van der Waals surface area (Å²) in [5, 5.41) is 4.34. The molecular weight excluding hydrogens is 491 g/mol. The van der Waals surface area contributed by atoms with Gasteiger partial charge in [-0.1, -0.05) is 0 Å². The second kappa shape index (κ2) is 11.5. The molecule has 4 heteroatoms. The molecule has 1 N–H and O–H groups in total. The van der Waals surface area contributed by atoms with Crippen LogP contribution >= 0.6 is 11.3 Å². The number of hydrogen-bond acceptors (Lipinski definition) is 3. The van der Waals surface area contributed by atoms with E-state index in [0.29, 0.717) is 0 Å². The third kappa shape index (κ3) is 5.59. The zero-order valence-corrected chi connectivity index (χ0v) is 22.9. The summed E-state index contributed by atoms with van der Waals surface area (Å²) in [6.45, 7) is 7.07. The number of thiazole rings is 1. The third-order valence-corrected chi connectivity index (χ3v) is 23.1. The van der Waals surface area contributed by atoms with E-state index in [1.807, 2.05) is 18.4 Å². The van der Waals surface area contributed by atoms with Crippen molar-refractivity contribution in [2.75, 3.05) is 12.4 Å². The van der Waals surface area contributed by atoms with E-state index in [2.05, 4.69) is 68.6 Å². The normalized spacial score (nSPS) is 11.9. The van der Waals surface area contributed by atoms with Crippen LogP contribution in [0.15, 0.2) is 42.5 Å². The monoisotopic (exact) mass is 530 g/mol. The van der Waals surface area contributed by atoms with Gasteiger partial charge in [-0.15, -0.1) is 0 Å². The standard InChI is InChI=1S/C14H11N2S.3C4H9.Sn/c1-15-11-8-6-10(7-9-11)14-16-12-4-2-3-5-13(12)17-14;3*1-3-4-2;/h2,4-9,15H,1H3;3*1,3-4H2,2H3;. The number of rotatable bonds is 12. The van der Waals surface area contributed by atoms with Gasteiger partial charge in [-0.05, 0) is 0 Å². The second-order valence-corrected chi connectivity index (χ2v) is 22.9. The summed E-state index contributed by atoms with van der Waals surface area (Å²) in [7, 11) is 1.96. The molecule has 0 saturated carbocycles. The summed E-state index contributed by atoms with van der Waals surface area (Å²) in [5.74, 6) is 0. The Labute approximate surface area is 191 Å². The fraction of sp³-hybridized carbons (Fsp3) is 0.500. The van der Waals surface area contributed by atoms with E-state index in [-0.39, 0.29) is 0 Å². The molecule has 0 amide bonds. The molecule has 0 aliphatic carbocycles. The molecule has 0 unspecified atom stereocenters. The van der Waals surface area contributed by atoms with E-state index in [0.717, 1.165) is 16.2 Å². The fourth-order valence-electron chi connectivity index (χ4n) is 4.51. The van der Waals surface area contributed by atoms with Crippen LogP contribution in [0.3, 0.4) is 0 Å². The molecule has 0 aliphatic rings. The van der Waals surface area contributed by atoms with Gasteiger partial charge in [0.25, 0.3) is 0 Å². The van der Waals surface area contributed by atoms with Gasteiger partial charge in [0.05, 0.1) is 0 Å². The van der Waals surface area contributed by atoms with Gasteiger partial charge in [-0.2, -0.15) is 0 Å². The van der Waals surface area contributed by atoms with Crippen molar-refractivity contribution in [1.29, 1.82) is 0 Å². The third-order valence-electron chi connectivity index (χ3n) is 6.45. The van der Waals surface area contributed by atoms with Gasteiger partial charge in [0.2, 0.25) is 0 Å². The van der Waals surface area contributed by atoms with Gasteiger partial charge in [-0.3, -0.25) is 0 Å². The van der Waals surface area contributed by atoms with Gasteiger partial charge in [0.15, 0.2) is 0 Å². The van der Waals surface area contributed by atoms with Gasteiger partial charge >= 0.3 is 192 Å².